The molecular formula is C24H31N6O7PS. The van der Waals surface area contributed by atoms with Crippen LogP contribution in [0.4, 0.5) is 5.95 Å². The molecule has 0 spiro atoms. The predicted octanol–water partition coefficient (Wildman–Crippen LogP) is 2.66. The fourth-order valence-corrected chi connectivity index (χ4v) is 8.43. The molecule has 6 unspecified atom stereocenters. The Bertz CT molecular complexity index is 1360. The van der Waals surface area contributed by atoms with Gasteiger partial charge in [-0.15, -0.1) is 0 Å². The van der Waals surface area contributed by atoms with Crippen molar-refractivity contribution in [3.63, 3.8) is 0 Å². The summed E-state index contributed by atoms with van der Waals surface area (Å²) < 4.78 is 37.9. The molecule has 4 heterocycles. The molecule has 2 aliphatic rings. The van der Waals surface area contributed by atoms with Crippen LogP contribution in [-0.2, 0) is 30.0 Å². The van der Waals surface area contributed by atoms with Gasteiger partial charge in [0.05, 0.1) is 26.1 Å². The van der Waals surface area contributed by atoms with Gasteiger partial charge in [0.2, 0.25) is 11.8 Å². The predicted molar refractivity (Wildman–Crippen MR) is 144 cm³/mol. The summed E-state index contributed by atoms with van der Waals surface area (Å²) in [6.45, 7) is -1.70. The van der Waals surface area contributed by atoms with Crippen molar-refractivity contribution in [3.05, 3.63) is 42.2 Å². The molecule has 15 heteroatoms. The molecule has 5 rings (SSSR count). The summed E-state index contributed by atoms with van der Waals surface area (Å²) >= 11 is 1.13. The fraction of sp³-hybridized carbons (Fsp3) is 0.500. The number of rotatable bonds is 8. The minimum Gasteiger partial charge on any atom is -0.479 e. The van der Waals surface area contributed by atoms with E-state index in [1.165, 1.54) is 13.4 Å². The normalized spacial score (nSPS) is 29.3. The van der Waals surface area contributed by atoms with E-state index < -0.39 is 37.2 Å². The topological polar surface area (TPSA) is 173 Å². The molecule has 2 aromatic heterocycles. The molecule has 0 bridgehead atoms. The van der Waals surface area contributed by atoms with Crippen molar-refractivity contribution in [2.45, 2.75) is 50.8 Å². The van der Waals surface area contributed by atoms with Crippen LogP contribution in [0.5, 0.6) is 5.88 Å². The minimum atomic E-state index is -3.50. The third kappa shape index (κ3) is 6.06. The van der Waals surface area contributed by atoms with Crippen LogP contribution in [0.2, 0.25) is 0 Å². The SMILES string of the molecule is COc1nc(N)nc2c1ncn2C1OC(COP2(=O)NC(C(=O)OCc3ccccc3)CCCS2)C(O)C1C. The largest absolute Gasteiger partial charge is 0.479 e. The Labute approximate surface area is 229 Å². The lowest BCUT2D eigenvalue weighted by molar-refractivity contribution is -0.147. The molecule has 13 nitrogen and oxygen atoms in total. The number of anilines is 1. The van der Waals surface area contributed by atoms with Gasteiger partial charge in [-0.2, -0.15) is 9.97 Å². The number of nitrogens with one attached hydrogen (secondary N) is 1. The molecule has 2 aliphatic heterocycles. The molecule has 2 fully saturated rings. The van der Waals surface area contributed by atoms with Crippen LogP contribution in [0.3, 0.4) is 0 Å². The highest BCUT2D eigenvalue weighted by atomic mass is 32.7. The average Bonchev–Trinajstić information content (AvgIpc) is 3.40. The van der Waals surface area contributed by atoms with Gasteiger partial charge in [-0.1, -0.05) is 48.6 Å². The van der Waals surface area contributed by atoms with Crippen molar-refractivity contribution >= 4 is 41.2 Å². The zero-order chi connectivity index (χ0) is 27.6. The Morgan fingerprint density at radius 1 is 1.33 bits per heavy atom. The number of nitrogens with two attached hydrogens (primary N) is 1. The number of nitrogens with zero attached hydrogens (tertiary/aromatic N) is 4. The second-order valence-electron chi connectivity index (χ2n) is 9.37. The lowest BCUT2D eigenvalue weighted by Crippen LogP contribution is -2.36. The third-order valence-corrected chi connectivity index (χ3v) is 10.8. The maximum absolute atomic E-state index is 13.6. The fourth-order valence-electron chi connectivity index (χ4n) is 4.59. The highest BCUT2D eigenvalue weighted by Crippen LogP contribution is 2.58. The number of nitrogen functional groups attached to an aromatic ring is 1. The van der Waals surface area contributed by atoms with Gasteiger partial charge in [0.1, 0.15) is 25.0 Å². The molecule has 4 N–H and O–H groups in total. The number of ether oxygens (including phenoxy) is 3. The zero-order valence-corrected chi connectivity index (χ0v) is 23.2. The van der Waals surface area contributed by atoms with Gasteiger partial charge in [0.25, 0.3) is 0 Å². The summed E-state index contributed by atoms with van der Waals surface area (Å²) in [5, 5.41) is 13.8. The van der Waals surface area contributed by atoms with Crippen LogP contribution in [0, 0.1) is 5.92 Å². The molecule has 0 saturated carbocycles. The van der Waals surface area contributed by atoms with Crippen LogP contribution in [0.15, 0.2) is 36.7 Å². The summed E-state index contributed by atoms with van der Waals surface area (Å²) in [7, 11) is 1.46. The standard InChI is InChI=1S/C24H31N6O7PS/c1-14-19(31)17(37-22(14)30-13-26-18-20(30)27-24(25)28-21(18)34-2)12-36-38(33)29-16(9-6-10-39-38)23(32)35-11-15-7-4-3-5-8-15/h3-5,7-8,13-14,16-17,19,22,31H,6,9-12H2,1-2H3,(H,29,33)(H2,25,27,28). The van der Waals surface area contributed by atoms with Gasteiger partial charge < -0.3 is 29.6 Å². The Morgan fingerprint density at radius 2 is 2.13 bits per heavy atom. The van der Waals surface area contributed by atoms with Crippen molar-refractivity contribution in [1.82, 2.24) is 24.6 Å². The molecule has 0 radical (unpaired) electrons. The first-order chi connectivity index (χ1) is 18.8. The van der Waals surface area contributed by atoms with Crippen molar-refractivity contribution in [3.8, 4) is 5.88 Å². The maximum atomic E-state index is 13.6. The molecule has 1 aromatic carbocycles. The van der Waals surface area contributed by atoms with E-state index in [1.807, 2.05) is 37.3 Å². The molecule has 0 amide bonds. The van der Waals surface area contributed by atoms with E-state index >= 15 is 0 Å². The number of methoxy groups -OCH3 is 1. The smallest absolute Gasteiger partial charge is 0.327 e. The van der Waals surface area contributed by atoms with Gasteiger partial charge in [-0.3, -0.25) is 13.9 Å². The number of carbonyl (C=O) groups is 1. The number of fused-ring (bicyclic) bond motifs is 1. The number of aliphatic hydroxyl groups is 1. The van der Waals surface area contributed by atoms with Crippen LogP contribution in [0.25, 0.3) is 11.2 Å². The van der Waals surface area contributed by atoms with Crippen LogP contribution in [0.1, 0.15) is 31.6 Å². The van der Waals surface area contributed by atoms with Crippen molar-refractivity contribution in [1.29, 1.82) is 0 Å². The maximum Gasteiger partial charge on any atom is 0.327 e. The van der Waals surface area contributed by atoms with E-state index in [-0.39, 0.29) is 31.0 Å². The lowest BCUT2D eigenvalue weighted by atomic mass is 10.0. The summed E-state index contributed by atoms with van der Waals surface area (Å²) in [5.74, 6) is -0.0780. The van der Waals surface area contributed by atoms with Crippen LogP contribution < -0.4 is 15.6 Å². The minimum absolute atomic E-state index is 0.0126. The Kier molecular flexibility index (Phi) is 8.40. The molecule has 2 saturated heterocycles. The van der Waals surface area contributed by atoms with Gasteiger partial charge in [0.15, 0.2) is 11.2 Å². The zero-order valence-electron chi connectivity index (χ0n) is 21.5. The average molecular weight is 579 g/mol. The molecule has 39 heavy (non-hydrogen) atoms. The second-order valence-corrected chi connectivity index (χ2v) is 13.8. The number of imidazole rings is 1. The highest BCUT2D eigenvalue weighted by Gasteiger charge is 2.44. The molecule has 210 valence electrons. The Balaban J connectivity index is 1.23. The van der Waals surface area contributed by atoms with E-state index in [0.717, 1.165) is 16.9 Å². The second kappa shape index (κ2) is 11.8. The summed E-state index contributed by atoms with van der Waals surface area (Å²) in [4.78, 5) is 25.4. The summed E-state index contributed by atoms with van der Waals surface area (Å²) in [6.07, 6.45) is 0.299. The Morgan fingerprint density at radius 3 is 2.90 bits per heavy atom. The molecule has 6 atom stereocenters. The van der Waals surface area contributed by atoms with Crippen LogP contribution in [-0.4, -0.2) is 68.3 Å². The van der Waals surface area contributed by atoms with Crippen molar-refractivity contribution < 1.29 is 33.2 Å². The van der Waals surface area contributed by atoms with Gasteiger partial charge in [-0.05, 0) is 18.4 Å². The lowest BCUT2D eigenvalue weighted by Gasteiger charge is -2.23. The quantitative estimate of drug-likeness (QED) is 0.263. The van der Waals surface area contributed by atoms with Gasteiger partial charge >= 0.3 is 12.7 Å². The number of esters is 1. The summed E-state index contributed by atoms with van der Waals surface area (Å²) in [5.41, 5.74) is 7.50. The molecule has 0 aliphatic carbocycles. The van der Waals surface area contributed by atoms with E-state index in [4.69, 9.17) is 24.5 Å². The van der Waals surface area contributed by atoms with E-state index in [1.54, 1.807) is 4.57 Å². The first kappa shape index (κ1) is 27.8. The van der Waals surface area contributed by atoms with E-state index in [0.29, 0.717) is 29.8 Å². The van der Waals surface area contributed by atoms with Gasteiger partial charge in [0, 0.05) is 11.7 Å². The first-order valence-electron chi connectivity index (χ1n) is 12.5. The number of hydrogen-bond donors (Lipinski definition) is 3. The van der Waals surface area contributed by atoms with Crippen LogP contribution >= 0.6 is 18.1 Å². The first-order valence-corrected chi connectivity index (χ1v) is 15.7. The number of aliphatic hydroxyl groups excluding tert-OH is 1. The molecule has 3 aromatic rings. The number of carbonyl (C=O) groups excluding carboxylic acids is 1. The third-order valence-electron chi connectivity index (χ3n) is 6.69. The Hall–Kier alpha value is -2.74. The summed E-state index contributed by atoms with van der Waals surface area (Å²) in [6, 6.07) is 8.58. The van der Waals surface area contributed by atoms with Crippen molar-refractivity contribution in [2.24, 2.45) is 5.92 Å². The molecular weight excluding hydrogens is 547 g/mol. The van der Waals surface area contributed by atoms with E-state index in [2.05, 4.69) is 20.0 Å². The number of hydrogen-bond acceptors (Lipinski definition) is 12. The number of benzene rings is 1. The van der Waals surface area contributed by atoms with Crippen molar-refractivity contribution in [2.75, 3.05) is 25.2 Å². The monoisotopic (exact) mass is 578 g/mol. The number of aromatic nitrogens is 4. The highest BCUT2D eigenvalue weighted by molar-refractivity contribution is 8.56. The van der Waals surface area contributed by atoms with E-state index in [9.17, 15) is 14.5 Å². The van der Waals surface area contributed by atoms with Gasteiger partial charge in [-0.25, -0.2) is 10.1 Å².